The number of fused-ring (bicyclic) bond motifs is 1. The highest BCUT2D eigenvalue weighted by atomic mass is 32.1. The van der Waals surface area contributed by atoms with Gasteiger partial charge in [-0.25, -0.2) is 9.78 Å². The number of aromatic nitrogens is 1. The van der Waals surface area contributed by atoms with E-state index in [0.29, 0.717) is 35.0 Å². The lowest BCUT2D eigenvalue weighted by atomic mass is 10.0. The van der Waals surface area contributed by atoms with Gasteiger partial charge in [0.25, 0.3) is 17.7 Å². The van der Waals surface area contributed by atoms with E-state index in [9.17, 15) is 38.7 Å². The average molecular weight is 769 g/mol. The molecule has 5 N–H and O–H groups in total. The number of esters is 1. The summed E-state index contributed by atoms with van der Waals surface area (Å²) in [4.78, 5) is 92.4. The van der Waals surface area contributed by atoms with E-state index in [4.69, 9.17) is 9.47 Å². The maximum atomic E-state index is 13.2. The van der Waals surface area contributed by atoms with E-state index >= 15 is 0 Å². The molecule has 1 unspecified atom stereocenters. The molecule has 2 aliphatic rings. The molecule has 1 fully saturated rings. The number of benzene rings is 3. The Morgan fingerprint density at radius 2 is 1.76 bits per heavy atom. The zero-order chi connectivity index (χ0) is 39.1. The predicted molar refractivity (Wildman–Crippen MR) is 199 cm³/mol. The van der Waals surface area contributed by atoms with Crippen molar-refractivity contribution < 1.29 is 48.1 Å². The van der Waals surface area contributed by atoms with Crippen LogP contribution in [0.4, 0.5) is 16.5 Å². The molecule has 1 atom stereocenters. The van der Waals surface area contributed by atoms with Gasteiger partial charge < -0.3 is 30.5 Å². The maximum Gasteiger partial charge on any atom is 0.341 e. The van der Waals surface area contributed by atoms with E-state index in [1.54, 1.807) is 25.1 Å². The number of carbonyl (C=O) groups is 7. The molecule has 16 nitrogen and oxygen atoms in total. The lowest BCUT2D eigenvalue weighted by Gasteiger charge is -2.27. The van der Waals surface area contributed by atoms with Gasteiger partial charge in [0.15, 0.2) is 11.7 Å². The molecule has 4 aromatic rings. The first-order valence-electron chi connectivity index (χ1n) is 17.4. The Kier molecular flexibility index (Phi) is 11.8. The second-order valence-electron chi connectivity index (χ2n) is 12.5. The highest BCUT2D eigenvalue weighted by Crippen LogP contribution is 2.34. The summed E-state index contributed by atoms with van der Waals surface area (Å²) >= 11 is 1.36. The molecule has 3 heterocycles. The molecule has 2 aliphatic heterocycles. The second-order valence-corrected chi connectivity index (χ2v) is 13.3. The number of piperidine rings is 1. The van der Waals surface area contributed by atoms with E-state index in [2.05, 4.69) is 26.3 Å². The first kappa shape index (κ1) is 38.1. The summed E-state index contributed by atoms with van der Waals surface area (Å²) in [6.07, 6.45) is 1.26. The number of hydrogen-bond donors (Lipinski definition) is 5. The van der Waals surface area contributed by atoms with Crippen molar-refractivity contribution >= 4 is 69.3 Å². The van der Waals surface area contributed by atoms with Crippen LogP contribution < -0.4 is 26.0 Å². The normalized spacial score (nSPS) is 14.9. The van der Waals surface area contributed by atoms with Crippen LogP contribution in [-0.2, 0) is 23.9 Å². The molecule has 17 heteroatoms. The molecule has 284 valence electrons. The SMILES string of the molecule is CCOC(=O)c1ccc(Nc2nc(-c3ccc(NC(=O)CCCCNC(=O)COc4cccc5c4C(=O)N(C4CCC(=O)NC4=O)C5=O)cc3)cs2)cc1O. The Labute approximate surface area is 318 Å². The molecular weight excluding hydrogens is 733 g/mol. The van der Waals surface area contributed by atoms with Crippen molar-refractivity contribution in [3.8, 4) is 22.8 Å². The molecule has 55 heavy (non-hydrogen) atoms. The Morgan fingerprint density at radius 3 is 2.51 bits per heavy atom. The second kappa shape index (κ2) is 17.0. The van der Waals surface area contributed by atoms with Crippen molar-refractivity contribution in [2.75, 3.05) is 30.4 Å². The third kappa shape index (κ3) is 8.96. The van der Waals surface area contributed by atoms with Crippen LogP contribution in [0.5, 0.6) is 11.5 Å². The van der Waals surface area contributed by atoms with Crippen molar-refractivity contribution in [1.82, 2.24) is 20.5 Å². The lowest BCUT2D eigenvalue weighted by Crippen LogP contribution is -2.54. The third-order valence-corrected chi connectivity index (χ3v) is 9.41. The summed E-state index contributed by atoms with van der Waals surface area (Å²) in [7, 11) is 0. The lowest BCUT2D eigenvalue weighted by molar-refractivity contribution is -0.136. The van der Waals surface area contributed by atoms with E-state index in [-0.39, 0.29) is 66.5 Å². The van der Waals surface area contributed by atoms with Gasteiger partial charge in [-0.1, -0.05) is 18.2 Å². The number of rotatable bonds is 15. The van der Waals surface area contributed by atoms with Gasteiger partial charge in [-0.15, -0.1) is 11.3 Å². The van der Waals surface area contributed by atoms with Crippen LogP contribution in [0.1, 0.15) is 70.1 Å². The highest BCUT2D eigenvalue weighted by molar-refractivity contribution is 7.14. The molecule has 6 amide bonds. The smallest absolute Gasteiger partial charge is 0.341 e. The fraction of sp³-hybridized carbons (Fsp3) is 0.263. The van der Waals surface area contributed by atoms with E-state index in [1.807, 2.05) is 17.5 Å². The number of anilines is 3. The summed E-state index contributed by atoms with van der Waals surface area (Å²) in [5.41, 5.74) is 2.77. The maximum absolute atomic E-state index is 13.2. The highest BCUT2D eigenvalue weighted by Gasteiger charge is 2.46. The largest absolute Gasteiger partial charge is 0.507 e. The fourth-order valence-corrected chi connectivity index (χ4v) is 6.70. The number of hydrogen-bond acceptors (Lipinski definition) is 13. The fourth-order valence-electron chi connectivity index (χ4n) is 5.96. The number of phenols is 1. The standard InChI is InChI=1S/C38H36N6O10S/c1-2-53-37(52)24-14-13-23(18-28(24)45)41-38-42-26(20-55-38)21-9-11-22(12-10-21)40-30(46)8-3-4-17-39-32(48)19-54-29-7-5-6-25-33(29)36(51)44(35(25)50)27-15-16-31(47)43-34(27)49/h5-7,9-14,18,20,27,45H,2-4,8,15-17,19H2,1H3,(H,39,48)(H,40,46)(H,41,42)(H,43,47,49). The Bertz CT molecular complexity index is 2170. The minimum absolute atomic E-state index is 0.00342. The molecule has 0 aliphatic carbocycles. The Hall–Kier alpha value is -6.62. The minimum Gasteiger partial charge on any atom is -0.507 e. The summed E-state index contributed by atoms with van der Waals surface area (Å²) in [6.45, 7) is 1.74. The average Bonchev–Trinajstić information content (AvgIpc) is 3.72. The summed E-state index contributed by atoms with van der Waals surface area (Å²) in [5.74, 6) is -4.04. The van der Waals surface area contributed by atoms with Gasteiger partial charge in [0, 0.05) is 47.8 Å². The van der Waals surface area contributed by atoms with E-state index in [1.165, 1.54) is 41.7 Å². The van der Waals surface area contributed by atoms with Gasteiger partial charge in [0.2, 0.25) is 17.7 Å². The number of ether oxygens (including phenoxy) is 2. The van der Waals surface area contributed by atoms with E-state index < -0.39 is 48.2 Å². The van der Waals surface area contributed by atoms with Crippen molar-refractivity contribution in [3.63, 3.8) is 0 Å². The molecule has 1 saturated heterocycles. The zero-order valence-electron chi connectivity index (χ0n) is 29.5. The van der Waals surface area contributed by atoms with Crippen LogP contribution in [0.3, 0.4) is 0 Å². The van der Waals surface area contributed by atoms with Gasteiger partial charge in [-0.05, 0) is 62.6 Å². The van der Waals surface area contributed by atoms with Crippen LogP contribution in [0.2, 0.25) is 0 Å². The van der Waals surface area contributed by atoms with Crippen molar-refractivity contribution in [1.29, 1.82) is 0 Å². The summed E-state index contributed by atoms with van der Waals surface area (Å²) in [5, 5.41) is 23.5. The molecule has 0 radical (unpaired) electrons. The number of nitrogens with zero attached hydrogens (tertiary/aromatic N) is 2. The predicted octanol–water partition coefficient (Wildman–Crippen LogP) is 4.14. The molecule has 0 spiro atoms. The van der Waals surface area contributed by atoms with Crippen LogP contribution in [0.15, 0.2) is 66.0 Å². The molecular formula is C38H36N6O10S. The van der Waals surface area contributed by atoms with Gasteiger partial charge >= 0.3 is 5.97 Å². The number of carbonyl (C=O) groups excluding carboxylic acids is 7. The molecule has 0 bridgehead atoms. The third-order valence-electron chi connectivity index (χ3n) is 8.65. The van der Waals surface area contributed by atoms with Gasteiger partial charge in [0.1, 0.15) is 23.1 Å². The van der Waals surface area contributed by atoms with Crippen LogP contribution in [0.25, 0.3) is 11.3 Å². The number of nitrogens with one attached hydrogen (secondary N) is 4. The number of phenolic OH excluding ortho intramolecular Hbond substituents is 1. The molecule has 1 aromatic heterocycles. The van der Waals surface area contributed by atoms with Gasteiger partial charge in [-0.2, -0.15) is 0 Å². The van der Waals surface area contributed by atoms with Crippen LogP contribution in [-0.4, -0.2) is 82.2 Å². The van der Waals surface area contributed by atoms with Crippen molar-refractivity contribution in [3.05, 3.63) is 82.7 Å². The van der Waals surface area contributed by atoms with Crippen molar-refractivity contribution in [2.45, 2.75) is 45.1 Å². The van der Waals surface area contributed by atoms with Crippen molar-refractivity contribution in [2.24, 2.45) is 0 Å². The summed E-state index contributed by atoms with van der Waals surface area (Å²) in [6, 6.07) is 15.0. The minimum atomic E-state index is -1.12. The van der Waals surface area contributed by atoms with Gasteiger partial charge in [0.05, 0.1) is 23.4 Å². The zero-order valence-corrected chi connectivity index (χ0v) is 30.3. The van der Waals surface area contributed by atoms with Gasteiger partial charge in [-0.3, -0.25) is 39.0 Å². The quantitative estimate of drug-likeness (QED) is 0.0654. The number of amides is 6. The molecule has 0 saturated carbocycles. The number of imide groups is 2. The first-order valence-corrected chi connectivity index (χ1v) is 18.3. The van der Waals surface area contributed by atoms with Crippen LogP contribution >= 0.6 is 11.3 Å². The topological polar surface area (TPSA) is 222 Å². The Balaban J connectivity index is 0.900. The van der Waals surface area contributed by atoms with Crippen LogP contribution in [0, 0.1) is 0 Å². The Morgan fingerprint density at radius 1 is 0.982 bits per heavy atom. The summed E-state index contributed by atoms with van der Waals surface area (Å²) < 4.78 is 10.5. The first-order chi connectivity index (χ1) is 26.5. The number of unbranched alkanes of at least 4 members (excludes halogenated alkanes) is 1. The monoisotopic (exact) mass is 768 g/mol. The number of aromatic hydroxyl groups is 1. The van der Waals surface area contributed by atoms with E-state index in [0.717, 1.165) is 10.5 Å². The molecule has 3 aromatic carbocycles. The number of thiazole rings is 1. The molecule has 6 rings (SSSR count).